The van der Waals surface area contributed by atoms with Gasteiger partial charge in [-0.1, -0.05) is 20.8 Å². The van der Waals surface area contributed by atoms with Crippen LogP contribution in [0.1, 0.15) is 20.8 Å². The van der Waals surface area contributed by atoms with E-state index in [1.54, 1.807) is 0 Å². The van der Waals surface area contributed by atoms with Gasteiger partial charge in [0.15, 0.2) is 0 Å². The first-order valence-corrected chi connectivity index (χ1v) is 6.30. The van der Waals surface area contributed by atoms with Crippen molar-refractivity contribution < 1.29 is 4.79 Å². The smallest absolute Gasteiger partial charge is 0.224 e. The summed E-state index contributed by atoms with van der Waals surface area (Å²) < 4.78 is 0. The lowest BCUT2D eigenvalue weighted by molar-refractivity contribution is -0.125. The topological polar surface area (TPSA) is 44.4 Å². The zero-order valence-electron chi connectivity index (χ0n) is 10.8. The Bertz CT molecular complexity index is 212. The summed E-state index contributed by atoms with van der Waals surface area (Å²) in [5.41, 5.74) is 0. The Morgan fingerprint density at radius 1 is 1.31 bits per heavy atom. The molecule has 0 radical (unpaired) electrons. The molecule has 1 aliphatic rings. The van der Waals surface area contributed by atoms with E-state index in [2.05, 4.69) is 29.4 Å². The van der Waals surface area contributed by atoms with Gasteiger partial charge in [-0.05, 0) is 5.92 Å². The van der Waals surface area contributed by atoms with Crippen molar-refractivity contribution in [3.8, 4) is 0 Å². The Morgan fingerprint density at radius 2 is 1.94 bits per heavy atom. The van der Waals surface area contributed by atoms with Gasteiger partial charge >= 0.3 is 0 Å². The molecule has 0 aliphatic carbocycles. The molecule has 1 heterocycles. The molecule has 1 fully saturated rings. The fraction of sp³-hybridized carbons (Fsp3) is 0.917. The summed E-state index contributed by atoms with van der Waals surface area (Å²) in [6, 6.07) is 0. The van der Waals surface area contributed by atoms with Gasteiger partial charge in [0, 0.05) is 45.2 Å². The molecule has 16 heavy (non-hydrogen) atoms. The highest BCUT2D eigenvalue weighted by molar-refractivity contribution is 5.78. The number of nitrogens with one attached hydrogen (secondary N) is 2. The summed E-state index contributed by atoms with van der Waals surface area (Å²) in [5, 5.41) is 6.31. The molecule has 1 atom stereocenters. The number of carbonyl (C=O) groups excluding carboxylic acids is 1. The van der Waals surface area contributed by atoms with E-state index in [-0.39, 0.29) is 11.8 Å². The summed E-state index contributed by atoms with van der Waals surface area (Å²) in [4.78, 5) is 14.1. The van der Waals surface area contributed by atoms with Gasteiger partial charge in [0.1, 0.15) is 0 Å². The number of rotatable bonds is 5. The van der Waals surface area contributed by atoms with Crippen molar-refractivity contribution in [2.45, 2.75) is 20.8 Å². The third-order valence-electron chi connectivity index (χ3n) is 2.87. The van der Waals surface area contributed by atoms with Gasteiger partial charge in [-0.3, -0.25) is 4.79 Å². The summed E-state index contributed by atoms with van der Waals surface area (Å²) in [5.74, 6) is 0.805. The van der Waals surface area contributed by atoms with Gasteiger partial charge in [0.25, 0.3) is 0 Å². The van der Waals surface area contributed by atoms with Gasteiger partial charge in [0.2, 0.25) is 5.91 Å². The van der Waals surface area contributed by atoms with Crippen LogP contribution in [0.5, 0.6) is 0 Å². The molecule has 1 unspecified atom stereocenters. The molecular weight excluding hydrogens is 202 g/mol. The SMILES string of the molecule is CC(C)CNC(=O)C(C)CN1CCNCC1. The summed E-state index contributed by atoms with van der Waals surface area (Å²) in [6.45, 7) is 12.1. The summed E-state index contributed by atoms with van der Waals surface area (Å²) in [6.07, 6.45) is 0. The Hall–Kier alpha value is -0.610. The van der Waals surface area contributed by atoms with Crippen LogP contribution in [0.3, 0.4) is 0 Å². The molecular formula is C12H25N3O. The van der Waals surface area contributed by atoms with Gasteiger partial charge < -0.3 is 15.5 Å². The van der Waals surface area contributed by atoms with Crippen molar-refractivity contribution in [1.29, 1.82) is 0 Å². The first-order chi connectivity index (χ1) is 7.59. The van der Waals surface area contributed by atoms with E-state index in [1.807, 2.05) is 6.92 Å². The van der Waals surface area contributed by atoms with Crippen LogP contribution in [0.2, 0.25) is 0 Å². The third-order valence-corrected chi connectivity index (χ3v) is 2.87. The maximum Gasteiger partial charge on any atom is 0.224 e. The Morgan fingerprint density at radius 3 is 2.50 bits per heavy atom. The van der Waals surface area contributed by atoms with E-state index in [0.29, 0.717) is 5.92 Å². The molecule has 1 saturated heterocycles. The predicted octanol–water partition coefficient (Wildman–Crippen LogP) is 0.300. The zero-order valence-corrected chi connectivity index (χ0v) is 10.8. The van der Waals surface area contributed by atoms with Crippen LogP contribution < -0.4 is 10.6 Å². The highest BCUT2D eigenvalue weighted by Gasteiger charge is 2.18. The van der Waals surface area contributed by atoms with Crippen LogP contribution in [-0.2, 0) is 4.79 Å². The molecule has 1 aliphatic heterocycles. The van der Waals surface area contributed by atoms with Crippen LogP contribution in [-0.4, -0.2) is 50.1 Å². The van der Waals surface area contributed by atoms with Crippen LogP contribution in [0.15, 0.2) is 0 Å². The van der Waals surface area contributed by atoms with Crippen molar-refractivity contribution in [2.24, 2.45) is 11.8 Å². The van der Waals surface area contributed by atoms with E-state index in [0.717, 1.165) is 39.3 Å². The molecule has 0 aromatic rings. The van der Waals surface area contributed by atoms with Gasteiger partial charge in [-0.25, -0.2) is 0 Å². The second-order valence-corrected chi connectivity index (χ2v) is 5.09. The monoisotopic (exact) mass is 227 g/mol. The number of carbonyl (C=O) groups is 1. The first-order valence-electron chi connectivity index (χ1n) is 6.30. The fourth-order valence-corrected chi connectivity index (χ4v) is 1.84. The Kier molecular flexibility index (Phi) is 5.77. The Labute approximate surface area is 98.8 Å². The molecule has 2 N–H and O–H groups in total. The highest BCUT2D eigenvalue weighted by Crippen LogP contribution is 2.02. The minimum absolute atomic E-state index is 0.0943. The highest BCUT2D eigenvalue weighted by atomic mass is 16.1. The zero-order chi connectivity index (χ0) is 12.0. The predicted molar refractivity (Wildman–Crippen MR) is 66.3 cm³/mol. The number of hydrogen-bond donors (Lipinski definition) is 2. The fourth-order valence-electron chi connectivity index (χ4n) is 1.84. The average molecular weight is 227 g/mol. The normalized spacial score (nSPS) is 19.8. The maximum atomic E-state index is 11.8. The van der Waals surface area contributed by atoms with Crippen molar-refractivity contribution in [3.05, 3.63) is 0 Å². The van der Waals surface area contributed by atoms with E-state index in [9.17, 15) is 4.79 Å². The van der Waals surface area contributed by atoms with Gasteiger partial charge in [0.05, 0.1) is 0 Å². The van der Waals surface area contributed by atoms with E-state index >= 15 is 0 Å². The molecule has 1 rings (SSSR count). The molecule has 94 valence electrons. The first kappa shape index (κ1) is 13.5. The molecule has 4 nitrogen and oxygen atoms in total. The quantitative estimate of drug-likeness (QED) is 0.710. The molecule has 0 aromatic heterocycles. The molecule has 0 saturated carbocycles. The number of nitrogens with zero attached hydrogens (tertiary/aromatic N) is 1. The lowest BCUT2D eigenvalue weighted by Gasteiger charge is -2.29. The van der Waals surface area contributed by atoms with Gasteiger partial charge in [-0.2, -0.15) is 0 Å². The van der Waals surface area contributed by atoms with Crippen LogP contribution in [0, 0.1) is 11.8 Å². The molecule has 1 amide bonds. The van der Waals surface area contributed by atoms with Crippen molar-refractivity contribution >= 4 is 5.91 Å². The molecule has 4 heteroatoms. The number of piperazine rings is 1. The van der Waals surface area contributed by atoms with Crippen LogP contribution in [0.25, 0.3) is 0 Å². The van der Waals surface area contributed by atoms with Crippen molar-refractivity contribution in [3.63, 3.8) is 0 Å². The Balaban J connectivity index is 2.21. The van der Waals surface area contributed by atoms with E-state index in [4.69, 9.17) is 0 Å². The second kappa shape index (κ2) is 6.86. The summed E-state index contributed by atoms with van der Waals surface area (Å²) in [7, 11) is 0. The lowest BCUT2D eigenvalue weighted by Crippen LogP contribution is -2.47. The van der Waals surface area contributed by atoms with Crippen molar-refractivity contribution in [2.75, 3.05) is 39.3 Å². The standard InChI is InChI=1S/C12H25N3O/c1-10(2)8-14-12(16)11(3)9-15-6-4-13-5-7-15/h10-11,13H,4-9H2,1-3H3,(H,14,16). The number of hydrogen-bond acceptors (Lipinski definition) is 3. The number of amides is 1. The minimum Gasteiger partial charge on any atom is -0.356 e. The molecule has 0 aromatic carbocycles. The average Bonchev–Trinajstić information content (AvgIpc) is 2.27. The second-order valence-electron chi connectivity index (χ2n) is 5.09. The third kappa shape index (κ3) is 4.94. The van der Waals surface area contributed by atoms with E-state index < -0.39 is 0 Å². The largest absolute Gasteiger partial charge is 0.356 e. The molecule has 0 spiro atoms. The van der Waals surface area contributed by atoms with Crippen LogP contribution >= 0.6 is 0 Å². The van der Waals surface area contributed by atoms with E-state index in [1.165, 1.54) is 0 Å². The van der Waals surface area contributed by atoms with Gasteiger partial charge in [-0.15, -0.1) is 0 Å². The molecule has 0 bridgehead atoms. The minimum atomic E-state index is 0.0943. The van der Waals surface area contributed by atoms with Crippen molar-refractivity contribution in [1.82, 2.24) is 15.5 Å². The van der Waals surface area contributed by atoms with Crippen LogP contribution in [0.4, 0.5) is 0 Å². The lowest BCUT2D eigenvalue weighted by atomic mass is 10.1. The maximum absolute atomic E-state index is 11.8. The summed E-state index contributed by atoms with van der Waals surface area (Å²) >= 11 is 0.